The van der Waals surface area contributed by atoms with Crippen LogP contribution in [0.2, 0.25) is 0 Å². The third kappa shape index (κ3) is 1.57. The number of nitrogens with one attached hydrogen (secondary N) is 1. The molecule has 0 radical (unpaired) electrons. The topological polar surface area (TPSA) is 107 Å². The summed E-state index contributed by atoms with van der Waals surface area (Å²) in [4.78, 5) is 22.6. The number of carbonyl (C=O) groups is 1. The van der Waals surface area contributed by atoms with Crippen molar-refractivity contribution in [2.24, 2.45) is 5.84 Å². The first-order valence-corrected chi connectivity index (χ1v) is 4.11. The van der Waals surface area contributed by atoms with Crippen molar-refractivity contribution < 1.29 is 4.79 Å². The molecule has 0 unspecified atom stereocenters. The van der Waals surface area contributed by atoms with Gasteiger partial charge in [0.05, 0.1) is 6.20 Å². The molecule has 0 saturated carbocycles. The summed E-state index contributed by atoms with van der Waals surface area (Å²) in [5.41, 5.74) is 1.89. The largest absolute Gasteiger partial charge is 0.293 e. The van der Waals surface area contributed by atoms with Gasteiger partial charge in [-0.25, -0.2) is 15.0 Å². The van der Waals surface area contributed by atoms with Crippen molar-refractivity contribution in [2.45, 2.75) is 6.54 Å². The minimum Gasteiger partial charge on any atom is -0.293 e. The van der Waals surface area contributed by atoms with Crippen molar-refractivity contribution in [3.05, 3.63) is 28.9 Å². The van der Waals surface area contributed by atoms with E-state index in [0.717, 1.165) is 4.68 Å². The summed E-state index contributed by atoms with van der Waals surface area (Å²) in [6.07, 6.45) is 2.83. The fourth-order valence-electron chi connectivity index (χ4n) is 1.17. The molecular formula is C7H8N6O2. The number of amides is 1. The Morgan fingerprint density at radius 2 is 2.33 bits per heavy atom. The van der Waals surface area contributed by atoms with Crippen LogP contribution in [0, 0.1) is 0 Å². The highest BCUT2D eigenvalue weighted by atomic mass is 16.2. The molecule has 8 nitrogen and oxygen atoms in total. The quantitative estimate of drug-likeness (QED) is 0.333. The van der Waals surface area contributed by atoms with Crippen molar-refractivity contribution in [2.75, 3.05) is 0 Å². The number of nitrogens with zero attached hydrogens (tertiary/aromatic N) is 4. The molecule has 0 aliphatic heterocycles. The number of hydrazine groups is 1. The summed E-state index contributed by atoms with van der Waals surface area (Å²) in [6.45, 7) is -0.211. The molecule has 0 fully saturated rings. The molecule has 0 spiro atoms. The summed E-state index contributed by atoms with van der Waals surface area (Å²) in [5, 5.41) is 7.59. The number of carbonyl (C=O) groups excluding carboxylic acids is 1. The van der Waals surface area contributed by atoms with Gasteiger partial charge in [-0.1, -0.05) is 0 Å². The number of nitrogens with two attached hydrogens (primary N) is 1. The van der Waals surface area contributed by atoms with E-state index in [0.29, 0.717) is 5.52 Å². The van der Waals surface area contributed by atoms with E-state index in [1.807, 2.05) is 5.43 Å². The predicted molar refractivity (Wildman–Crippen MR) is 49.6 cm³/mol. The van der Waals surface area contributed by atoms with Crippen molar-refractivity contribution in [1.82, 2.24) is 24.8 Å². The first-order valence-electron chi connectivity index (χ1n) is 4.11. The Morgan fingerprint density at radius 1 is 1.53 bits per heavy atom. The lowest BCUT2D eigenvalue weighted by Crippen LogP contribution is -2.37. The average molecular weight is 208 g/mol. The first-order chi connectivity index (χ1) is 7.22. The summed E-state index contributed by atoms with van der Waals surface area (Å²) in [6, 6.07) is 1.54. The standard InChI is InChI=1S/C7H8N6O2/c8-11-6(14)3-12-7(15)5-1-2-9-13(5)4-10-12/h1-2,4H,3,8H2,(H,11,14). The van der Waals surface area contributed by atoms with Gasteiger partial charge in [-0.2, -0.15) is 10.2 Å². The Bertz CT molecular complexity index is 556. The second kappa shape index (κ2) is 3.50. The molecule has 0 atom stereocenters. The van der Waals surface area contributed by atoms with Gasteiger partial charge in [0.1, 0.15) is 18.4 Å². The van der Waals surface area contributed by atoms with Crippen molar-refractivity contribution in [1.29, 1.82) is 0 Å². The molecule has 3 N–H and O–H groups in total. The van der Waals surface area contributed by atoms with E-state index in [1.54, 1.807) is 6.07 Å². The minimum absolute atomic E-state index is 0.211. The number of hydrogen-bond donors (Lipinski definition) is 2. The molecule has 0 aliphatic carbocycles. The molecule has 8 heteroatoms. The van der Waals surface area contributed by atoms with Crippen LogP contribution in [0.25, 0.3) is 5.52 Å². The number of hydrogen-bond acceptors (Lipinski definition) is 5. The fourth-order valence-corrected chi connectivity index (χ4v) is 1.17. The van der Waals surface area contributed by atoms with Crippen LogP contribution in [0.3, 0.4) is 0 Å². The number of aromatic nitrogens is 4. The van der Waals surface area contributed by atoms with Crippen LogP contribution in [0.15, 0.2) is 23.4 Å². The van der Waals surface area contributed by atoms with Crippen molar-refractivity contribution >= 4 is 11.4 Å². The van der Waals surface area contributed by atoms with Gasteiger partial charge in [-0.05, 0) is 6.07 Å². The maximum absolute atomic E-state index is 11.7. The zero-order valence-corrected chi connectivity index (χ0v) is 7.62. The molecule has 15 heavy (non-hydrogen) atoms. The van der Waals surface area contributed by atoms with Crippen molar-refractivity contribution in [3.8, 4) is 0 Å². The highest BCUT2D eigenvalue weighted by Gasteiger charge is 2.07. The molecule has 0 bridgehead atoms. The summed E-state index contributed by atoms with van der Waals surface area (Å²) in [5.74, 6) is 4.41. The molecular weight excluding hydrogens is 200 g/mol. The highest BCUT2D eigenvalue weighted by molar-refractivity contribution is 5.74. The van der Waals surface area contributed by atoms with Crippen LogP contribution >= 0.6 is 0 Å². The Hall–Kier alpha value is -2.22. The molecule has 2 rings (SSSR count). The lowest BCUT2D eigenvalue weighted by atomic mass is 10.5. The lowest BCUT2D eigenvalue weighted by Gasteiger charge is -2.02. The third-order valence-corrected chi connectivity index (χ3v) is 1.88. The van der Waals surface area contributed by atoms with E-state index in [1.165, 1.54) is 17.0 Å². The van der Waals surface area contributed by atoms with Crippen LogP contribution in [-0.2, 0) is 11.3 Å². The molecule has 0 aliphatic rings. The average Bonchev–Trinajstić information content (AvgIpc) is 2.70. The second-order valence-electron chi connectivity index (χ2n) is 2.82. The summed E-state index contributed by atoms with van der Waals surface area (Å²) in [7, 11) is 0. The number of rotatable bonds is 2. The van der Waals surface area contributed by atoms with Crippen LogP contribution in [0.1, 0.15) is 0 Å². The lowest BCUT2D eigenvalue weighted by molar-refractivity contribution is -0.122. The Balaban J connectivity index is 2.48. The molecule has 2 heterocycles. The van der Waals surface area contributed by atoms with Crippen LogP contribution < -0.4 is 16.8 Å². The van der Waals surface area contributed by atoms with E-state index in [-0.39, 0.29) is 6.54 Å². The predicted octanol–water partition coefficient (Wildman–Crippen LogP) is -2.12. The van der Waals surface area contributed by atoms with Gasteiger partial charge >= 0.3 is 0 Å². The van der Waals surface area contributed by atoms with Gasteiger partial charge < -0.3 is 0 Å². The molecule has 1 amide bonds. The number of fused-ring (bicyclic) bond motifs is 1. The molecule has 0 aromatic carbocycles. The van der Waals surface area contributed by atoms with Crippen LogP contribution in [0.5, 0.6) is 0 Å². The third-order valence-electron chi connectivity index (χ3n) is 1.88. The Morgan fingerprint density at radius 3 is 3.07 bits per heavy atom. The van der Waals surface area contributed by atoms with Gasteiger partial charge in [0.15, 0.2) is 0 Å². The van der Waals surface area contributed by atoms with E-state index in [9.17, 15) is 9.59 Å². The van der Waals surface area contributed by atoms with E-state index in [4.69, 9.17) is 5.84 Å². The maximum Gasteiger partial charge on any atom is 0.293 e. The zero-order valence-electron chi connectivity index (χ0n) is 7.62. The van der Waals surface area contributed by atoms with E-state index in [2.05, 4.69) is 10.2 Å². The fraction of sp³-hybridized carbons (Fsp3) is 0.143. The van der Waals surface area contributed by atoms with E-state index >= 15 is 0 Å². The van der Waals surface area contributed by atoms with Crippen LogP contribution in [0.4, 0.5) is 0 Å². The highest BCUT2D eigenvalue weighted by Crippen LogP contribution is 1.91. The summed E-state index contributed by atoms with van der Waals surface area (Å²) >= 11 is 0. The zero-order chi connectivity index (χ0) is 10.8. The van der Waals surface area contributed by atoms with Crippen LogP contribution in [-0.4, -0.2) is 25.3 Å². The van der Waals surface area contributed by atoms with Gasteiger partial charge in [0, 0.05) is 0 Å². The van der Waals surface area contributed by atoms with Gasteiger partial charge in [0.25, 0.3) is 11.5 Å². The monoisotopic (exact) mass is 208 g/mol. The molecule has 78 valence electrons. The summed E-state index contributed by atoms with van der Waals surface area (Å²) < 4.78 is 2.35. The first kappa shape index (κ1) is 9.34. The Kier molecular flexibility index (Phi) is 2.18. The SMILES string of the molecule is NNC(=O)Cn1ncn2nccc2c1=O. The Labute approximate surface area is 83.3 Å². The second-order valence-corrected chi connectivity index (χ2v) is 2.82. The van der Waals surface area contributed by atoms with Gasteiger partial charge in [0.2, 0.25) is 0 Å². The maximum atomic E-state index is 11.7. The smallest absolute Gasteiger partial charge is 0.293 e. The molecule has 2 aromatic heterocycles. The normalized spacial score (nSPS) is 10.5. The van der Waals surface area contributed by atoms with Crippen molar-refractivity contribution in [3.63, 3.8) is 0 Å². The van der Waals surface area contributed by atoms with E-state index < -0.39 is 11.5 Å². The minimum atomic E-state index is -0.492. The van der Waals surface area contributed by atoms with Gasteiger partial charge in [-0.3, -0.25) is 15.0 Å². The molecule has 0 saturated heterocycles. The van der Waals surface area contributed by atoms with Gasteiger partial charge in [-0.15, -0.1) is 0 Å². The molecule has 2 aromatic rings.